The van der Waals surface area contributed by atoms with Gasteiger partial charge in [0.05, 0.1) is 12.8 Å². The first-order valence-electron chi connectivity index (χ1n) is 7.67. The van der Waals surface area contributed by atoms with Crippen LogP contribution in [0, 0.1) is 0 Å². The quantitative estimate of drug-likeness (QED) is 0.871. The third-order valence-corrected chi connectivity index (χ3v) is 3.89. The summed E-state index contributed by atoms with van der Waals surface area (Å²) in [6.07, 6.45) is -0.265. The van der Waals surface area contributed by atoms with Gasteiger partial charge < -0.3 is 19.3 Å². The van der Waals surface area contributed by atoms with Crippen molar-refractivity contribution in [1.29, 1.82) is 0 Å². The van der Waals surface area contributed by atoms with Crippen LogP contribution in [-0.4, -0.2) is 44.3 Å². The van der Waals surface area contributed by atoms with E-state index in [-0.39, 0.29) is 6.09 Å². The lowest BCUT2D eigenvalue weighted by atomic mass is 10.2. The van der Waals surface area contributed by atoms with Crippen molar-refractivity contribution >= 4 is 11.8 Å². The molecule has 0 aromatic heterocycles. The highest BCUT2D eigenvalue weighted by molar-refractivity contribution is 5.68. The van der Waals surface area contributed by atoms with E-state index in [4.69, 9.17) is 9.47 Å². The van der Waals surface area contributed by atoms with E-state index >= 15 is 0 Å². The topological polar surface area (TPSA) is 42.0 Å². The van der Waals surface area contributed by atoms with Crippen LogP contribution in [-0.2, 0) is 4.74 Å². The van der Waals surface area contributed by atoms with E-state index < -0.39 is 0 Å². The number of piperazine rings is 1. The number of methoxy groups -OCH3 is 1. The van der Waals surface area contributed by atoms with Crippen molar-refractivity contribution in [2.45, 2.75) is 0 Å². The van der Waals surface area contributed by atoms with Crippen LogP contribution in [0.25, 0.3) is 0 Å². The molecule has 0 saturated carbocycles. The molecule has 1 amide bonds. The summed E-state index contributed by atoms with van der Waals surface area (Å²) in [5, 5.41) is 0. The Morgan fingerprint density at radius 2 is 1.57 bits per heavy atom. The van der Waals surface area contributed by atoms with E-state index in [9.17, 15) is 4.79 Å². The van der Waals surface area contributed by atoms with E-state index in [1.807, 2.05) is 54.6 Å². The number of amides is 1. The molecule has 1 fully saturated rings. The largest absolute Gasteiger partial charge is 0.455 e. The SMILES string of the molecule is COC(=O)N1CCN(c2ccccc2Oc2ccccc2)CC1. The Morgan fingerprint density at radius 3 is 2.26 bits per heavy atom. The third-order valence-electron chi connectivity index (χ3n) is 3.89. The van der Waals surface area contributed by atoms with Gasteiger partial charge in [-0.15, -0.1) is 0 Å². The number of para-hydroxylation sites is 3. The van der Waals surface area contributed by atoms with Crippen LogP contribution in [0.15, 0.2) is 54.6 Å². The fourth-order valence-electron chi connectivity index (χ4n) is 2.68. The van der Waals surface area contributed by atoms with Gasteiger partial charge in [0, 0.05) is 26.2 Å². The Morgan fingerprint density at radius 1 is 0.913 bits per heavy atom. The van der Waals surface area contributed by atoms with Crippen molar-refractivity contribution in [3.8, 4) is 11.5 Å². The van der Waals surface area contributed by atoms with Gasteiger partial charge >= 0.3 is 6.09 Å². The Bertz CT molecular complexity index is 652. The summed E-state index contributed by atoms with van der Waals surface area (Å²) in [7, 11) is 1.41. The monoisotopic (exact) mass is 312 g/mol. The van der Waals surface area contributed by atoms with Gasteiger partial charge in [-0.1, -0.05) is 30.3 Å². The zero-order chi connectivity index (χ0) is 16.1. The molecule has 0 radical (unpaired) electrons. The first-order chi connectivity index (χ1) is 11.3. The molecular formula is C18H20N2O3. The highest BCUT2D eigenvalue weighted by atomic mass is 16.5. The third kappa shape index (κ3) is 3.56. The minimum atomic E-state index is -0.265. The summed E-state index contributed by atoms with van der Waals surface area (Å²) < 4.78 is 10.8. The van der Waals surface area contributed by atoms with Crippen molar-refractivity contribution in [2.24, 2.45) is 0 Å². The highest BCUT2D eigenvalue weighted by Gasteiger charge is 2.23. The second kappa shape index (κ2) is 7.05. The number of hydrogen-bond acceptors (Lipinski definition) is 4. The second-order valence-electron chi connectivity index (χ2n) is 5.33. The number of ether oxygens (including phenoxy) is 2. The van der Waals surface area contributed by atoms with Crippen LogP contribution >= 0.6 is 0 Å². The average molecular weight is 312 g/mol. The lowest BCUT2D eigenvalue weighted by molar-refractivity contribution is 0.121. The van der Waals surface area contributed by atoms with E-state index in [1.165, 1.54) is 7.11 Å². The molecule has 120 valence electrons. The Kier molecular flexibility index (Phi) is 4.66. The number of anilines is 1. The van der Waals surface area contributed by atoms with Gasteiger partial charge in [0.1, 0.15) is 5.75 Å². The van der Waals surface area contributed by atoms with Crippen LogP contribution in [0.4, 0.5) is 10.5 Å². The number of rotatable bonds is 3. The van der Waals surface area contributed by atoms with Gasteiger partial charge in [-0.3, -0.25) is 0 Å². The van der Waals surface area contributed by atoms with Crippen LogP contribution in [0.2, 0.25) is 0 Å². The Balaban J connectivity index is 1.73. The van der Waals surface area contributed by atoms with Crippen molar-refractivity contribution in [1.82, 2.24) is 4.90 Å². The molecule has 23 heavy (non-hydrogen) atoms. The lowest BCUT2D eigenvalue weighted by Gasteiger charge is -2.35. The number of benzene rings is 2. The average Bonchev–Trinajstić information content (AvgIpc) is 2.62. The molecular weight excluding hydrogens is 292 g/mol. The summed E-state index contributed by atoms with van der Waals surface area (Å²) in [6.45, 7) is 2.80. The molecule has 0 spiro atoms. The Hall–Kier alpha value is -2.69. The molecule has 1 heterocycles. The summed E-state index contributed by atoms with van der Waals surface area (Å²) in [5.41, 5.74) is 1.04. The van der Waals surface area contributed by atoms with E-state index in [2.05, 4.69) is 4.90 Å². The molecule has 1 saturated heterocycles. The molecule has 1 aliphatic rings. The van der Waals surface area contributed by atoms with Gasteiger partial charge in [-0.2, -0.15) is 0 Å². The molecule has 2 aromatic carbocycles. The molecule has 2 aromatic rings. The van der Waals surface area contributed by atoms with E-state index in [0.29, 0.717) is 13.1 Å². The molecule has 3 rings (SSSR count). The first kappa shape index (κ1) is 15.2. The standard InChI is InChI=1S/C18H20N2O3/c1-22-18(21)20-13-11-19(12-14-20)16-9-5-6-10-17(16)23-15-7-3-2-4-8-15/h2-10H,11-14H2,1H3. The summed E-state index contributed by atoms with van der Waals surface area (Å²) in [5.74, 6) is 1.64. The fraction of sp³-hybridized carbons (Fsp3) is 0.278. The second-order valence-corrected chi connectivity index (χ2v) is 5.33. The molecule has 1 aliphatic heterocycles. The van der Waals surface area contributed by atoms with Crippen molar-refractivity contribution in [3.05, 3.63) is 54.6 Å². The van der Waals surface area contributed by atoms with Gasteiger partial charge in [-0.25, -0.2) is 4.79 Å². The summed E-state index contributed by atoms with van der Waals surface area (Å²) >= 11 is 0. The highest BCUT2D eigenvalue weighted by Crippen LogP contribution is 2.32. The molecule has 5 heteroatoms. The lowest BCUT2D eigenvalue weighted by Crippen LogP contribution is -2.48. The van der Waals surface area contributed by atoms with E-state index in [0.717, 1.165) is 30.3 Å². The van der Waals surface area contributed by atoms with Crippen LogP contribution in [0.3, 0.4) is 0 Å². The van der Waals surface area contributed by atoms with Crippen molar-refractivity contribution in [2.75, 3.05) is 38.2 Å². The number of carbonyl (C=O) groups is 1. The molecule has 0 N–H and O–H groups in total. The van der Waals surface area contributed by atoms with E-state index in [1.54, 1.807) is 4.90 Å². The number of hydrogen-bond donors (Lipinski definition) is 0. The van der Waals surface area contributed by atoms with Crippen LogP contribution < -0.4 is 9.64 Å². The van der Waals surface area contributed by atoms with Gasteiger partial charge in [-0.05, 0) is 24.3 Å². The van der Waals surface area contributed by atoms with Crippen molar-refractivity contribution in [3.63, 3.8) is 0 Å². The minimum Gasteiger partial charge on any atom is -0.455 e. The summed E-state index contributed by atoms with van der Waals surface area (Å²) in [4.78, 5) is 15.5. The maximum Gasteiger partial charge on any atom is 0.409 e. The van der Waals surface area contributed by atoms with Gasteiger partial charge in [0.2, 0.25) is 0 Å². The minimum absolute atomic E-state index is 0.265. The molecule has 0 atom stereocenters. The first-order valence-corrected chi connectivity index (χ1v) is 7.67. The van der Waals surface area contributed by atoms with Crippen molar-refractivity contribution < 1.29 is 14.3 Å². The molecule has 0 bridgehead atoms. The maximum atomic E-state index is 11.6. The summed E-state index contributed by atoms with van der Waals surface area (Å²) in [6, 6.07) is 17.7. The molecule has 5 nitrogen and oxygen atoms in total. The van der Waals surface area contributed by atoms with Crippen LogP contribution in [0.5, 0.6) is 11.5 Å². The molecule has 0 aliphatic carbocycles. The maximum absolute atomic E-state index is 11.6. The Labute approximate surface area is 136 Å². The zero-order valence-corrected chi connectivity index (χ0v) is 13.1. The smallest absolute Gasteiger partial charge is 0.409 e. The van der Waals surface area contributed by atoms with Gasteiger partial charge in [0.15, 0.2) is 5.75 Å². The number of nitrogens with zero attached hydrogens (tertiary/aromatic N) is 2. The predicted molar refractivity (Wildman–Crippen MR) is 89.1 cm³/mol. The van der Waals surface area contributed by atoms with Gasteiger partial charge in [0.25, 0.3) is 0 Å². The predicted octanol–water partition coefficient (Wildman–Crippen LogP) is 3.37. The van der Waals surface area contributed by atoms with Crippen LogP contribution in [0.1, 0.15) is 0 Å². The fourth-order valence-corrected chi connectivity index (χ4v) is 2.68. The normalized spacial score (nSPS) is 14.5. The number of carbonyl (C=O) groups excluding carboxylic acids is 1. The zero-order valence-electron chi connectivity index (χ0n) is 13.1. The molecule has 0 unspecified atom stereocenters.